The molecule has 0 spiro atoms. The molecule has 2 saturated heterocycles. The third-order valence-electron chi connectivity index (χ3n) is 10.2. The molecule has 0 radical (unpaired) electrons. The second-order valence-electron chi connectivity index (χ2n) is 14.7. The van der Waals surface area contributed by atoms with E-state index in [1.54, 1.807) is 0 Å². The average Bonchev–Trinajstić information content (AvgIpc) is 3.95. The van der Waals surface area contributed by atoms with Gasteiger partial charge in [0.25, 0.3) is 0 Å². The number of benzene rings is 2. The molecule has 52 heavy (non-hydrogen) atoms. The number of nitrogens with zero attached hydrogens (tertiary/aromatic N) is 4. The van der Waals surface area contributed by atoms with E-state index in [1.807, 2.05) is 49.9 Å². The third-order valence-corrected chi connectivity index (χ3v) is 10.2. The zero-order valence-electron chi connectivity index (χ0n) is 30.9. The molecule has 2 aliphatic rings. The molecule has 4 amide bonds. The second kappa shape index (κ2) is 15.5. The van der Waals surface area contributed by atoms with Gasteiger partial charge < -0.3 is 30.4 Å². The Morgan fingerprint density at radius 3 is 1.29 bits per heavy atom. The van der Waals surface area contributed by atoms with Crippen molar-refractivity contribution in [3.63, 3.8) is 0 Å². The van der Waals surface area contributed by atoms with Gasteiger partial charge in [-0.3, -0.25) is 19.2 Å². The highest BCUT2D eigenvalue weighted by Gasteiger charge is 2.38. The second-order valence-corrected chi connectivity index (χ2v) is 14.7. The Morgan fingerprint density at radius 2 is 0.962 bits per heavy atom. The lowest BCUT2D eigenvalue weighted by atomic mass is 10.0. The highest BCUT2D eigenvalue weighted by molar-refractivity contribution is 5.88. The topological polar surface area (TPSA) is 156 Å². The number of aromatic amines is 2. The molecule has 274 valence electrons. The molecule has 2 aliphatic heterocycles. The minimum absolute atomic E-state index is 0.0225. The van der Waals surface area contributed by atoms with Crippen LogP contribution in [0.2, 0.25) is 0 Å². The monoisotopic (exact) mass is 706 g/mol. The van der Waals surface area contributed by atoms with Crippen LogP contribution in [0, 0.1) is 11.8 Å². The van der Waals surface area contributed by atoms with Crippen molar-refractivity contribution in [1.29, 1.82) is 0 Å². The van der Waals surface area contributed by atoms with Gasteiger partial charge in [0.15, 0.2) is 0 Å². The average molecular weight is 707 g/mol. The van der Waals surface area contributed by atoms with Crippen LogP contribution in [0.25, 0.3) is 33.6 Å². The molecule has 2 fully saturated rings. The molecular formula is C40H50N8O4. The van der Waals surface area contributed by atoms with E-state index in [2.05, 4.69) is 79.1 Å². The number of imidazole rings is 2. The van der Waals surface area contributed by atoms with Gasteiger partial charge in [-0.2, -0.15) is 0 Å². The first kappa shape index (κ1) is 36.5. The predicted molar refractivity (Wildman–Crippen MR) is 199 cm³/mol. The number of carbonyl (C=O) groups excluding carboxylic acids is 4. The summed E-state index contributed by atoms with van der Waals surface area (Å²) in [4.78, 5) is 70.4. The lowest BCUT2D eigenvalue weighted by Gasteiger charge is -2.30. The first-order valence-electron chi connectivity index (χ1n) is 18.4. The van der Waals surface area contributed by atoms with Gasteiger partial charge in [0.2, 0.25) is 23.6 Å². The molecule has 6 rings (SSSR count). The Labute approximate surface area is 305 Å². The molecule has 1 unspecified atom stereocenters. The van der Waals surface area contributed by atoms with E-state index in [-0.39, 0.29) is 47.5 Å². The summed E-state index contributed by atoms with van der Waals surface area (Å²) in [5.41, 5.74) is 5.90. The molecule has 4 aromatic rings. The first-order valence-corrected chi connectivity index (χ1v) is 18.4. The van der Waals surface area contributed by atoms with Crippen molar-refractivity contribution in [2.75, 3.05) is 13.1 Å². The molecule has 2 aromatic heterocycles. The Hall–Kier alpha value is -5.26. The lowest BCUT2D eigenvalue weighted by molar-refractivity contribution is -0.138. The number of H-pyrrole nitrogens is 2. The van der Waals surface area contributed by atoms with Gasteiger partial charge in [-0.15, -0.1) is 0 Å². The molecule has 4 atom stereocenters. The summed E-state index contributed by atoms with van der Waals surface area (Å²) in [5.74, 6) is 0.906. The van der Waals surface area contributed by atoms with Gasteiger partial charge >= 0.3 is 0 Å². The number of nitrogens with one attached hydrogen (secondary N) is 4. The van der Waals surface area contributed by atoms with Crippen LogP contribution in [0.4, 0.5) is 0 Å². The van der Waals surface area contributed by atoms with Crippen LogP contribution in [-0.4, -0.2) is 78.5 Å². The van der Waals surface area contributed by atoms with Crippen molar-refractivity contribution >= 4 is 23.6 Å². The van der Waals surface area contributed by atoms with Crippen molar-refractivity contribution in [2.45, 2.75) is 91.4 Å². The summed E-state index contributed by atoms with van der Waals surface area (Å²) in [6, 6.07) is 15.2. The van der Waals surface area contributed by atoms with Crippen LogP contribution in [-0.2, 0) is 19.2 Å². The van der Waals surface area contributed by atoms with E-state index >= 15 is 0 Å². The number of hydrogen-bond donors (Lipinski definition) is 4. The van der Waals surface area contributed by atoms with Crippen LogP contribution >= 0.6 is 0 Å². The van der Waals surface area contributed by atoms with E-state index in [4.69, 9.17) is 0 Å². The molecule has 4 heterocycles. The smallest absolute Gasteiger partial charge is 0.246 e. The van der Waals surface area contributed by atoms with Gasteiger partial charge in [-0.05, 0) is 59.8 Å². The van der Waals surface area contributed by atoms with Gasteiger partial charge in [0.05, 0.1) is 35.9 Å². The molecule has 4 N–H and O–H groups in total. The highest BCUT2D eigenvalue weighted by atomic mass is 16.2. The molecule has 2 aromatic carbocycles. The van der Waals surface area contributed by atoms with Crippen molar-refractivity contribution in [1.82, 2.24) is 40.4 Å². The summed E-state index contributed by atoms with van der Waals surface area (Å²) < 4.78 is 0. The lowest BCUT2D eigenvalue weighted by Crippen LogP contribution is -2.50. The molecule has 12 heteroatoms. The maximum atomic E-state index is 13.5. The molecule has 12 nitrogen and oxygen atoms in total. The van der Waals surface area contributed by atoms with Gasteiger partial charge in [0.1, 0.15) is 23.7 Å². The van der Waals surface area contributed by atoms with Gasteiger partial charge in [0, 0.05) is 26.9 Å². The summed E-state index contributed by atoms with van der Waals surface area (Å²) in [5, 5.41) is 5.66. The maximum Gasteiger partial charge on any atom is 0.246 e. The first-order chi connectivity index (χ1) is 24.9. The Bertz CT molecular complexity index is 1760. The molecule has 0 saturated carbocycles. The fraction of sp³-hybridized carbons (Fsp3) is 0.450. The van der Waals surface area contributed by atoms with E-state index < -0.39 is 12.1 Å². The van der Waals surface area contributed by atoms with Crippen LogP contribution in [0.5, 0.6) is 0 Å². The summed E-state index contributed by atoms with van der Waals surface area (Å²) in [6.45, 7) is 11.9. The van der Waals surface area contributed by atoms with Crippen LogP contribution in [0.3, 0.4) is 0 Å². The number of aromatic nitrogens is 4. The van der Waals surface area contributed by atoms with E-state index in [1.165, 1.54) is 13.8 Å². The summed E-state index contributed by atoms with van der Waals surface area (Å²) in [7, 11) is 0. The van der Waals surface area contributed by atoms with E-state index in [0.717, 1.165) is 71.0 Å². The summed E-state index contributed by atoms with van der Waals surface area (Å²) >= 11 is 0. The van der Waals surface area contributed by atoms with Crippen LogP contribution < -0.4 is 10.6 Å². The molecular weight excluding hydrogens is 656 g/mol. The summed E-state index contributed by atoms with van der Waals surface area (Å²) in [6.07, 6.45) is 7.03. The van der Waals surface area contributed by atoms with Crippen molar-refractivity contribution in [3.8, 4) is 33.6 Å². The standard InChI is InChI=1S/C40H50N8O4/c1-23(2)35(43-25(5)49)39(51)47-19-7-9-33(47)37-41-21-31(45-37)29-15-11-27(12-16-29)28-13-17-30(18-14-28)32-22-42-38(46-32)34-10-8-20-48(34)40(52)36(24(3)4)44-26(6)50/h11-18,21-24,33-36H,7-10,19-20H2,1-6H3,(H,41,45)(H,42,46)(H,43,49)(H,44,50)/t33-,34?,35+,36-/m0/s1. The quantitative estimate of drug-likeness (QED) is 0.155. The van der Waals surface area contributed by atoms with Crippen LogP contribution in [0.15, 0.2) is 60.9 Å². The van der Waals surface area contributed by atoms with Gasteiger partial charge in [-0.25, -0.2) is 9.97 Å². The molecule has 0 aliphatic carbocycles. The van der Waals surface area contributed by atoms with Crippen molar-refractivity contribution < 1.29 is 19.2 Å². The van der Waals surface area contributed by atoms with Crippen LogP contribution in [0.1, 0.15) is 91.0 Å². The van der Waals surface area contributed by atoms with Gasteiger partial charge in [-0.1, -0.05) is 76.2 Å². The zero-order chi connectivity index (χ0) is 37.1. The molecule has 0 bridgehead atoms. The Kier molecular flexibility index (Phi) is 10.9. The minimum atomic E-state index is -0.563. The number of carbonyl (C=O) groups is 4. The fourth-order valence-corrected chi connectivity index (χ4v) is 7.44. The Morgan fingerprint density at radius 1 is 0.615 bits per heavy atom. The van der Waals surface area contributed by atoms with Crippen molar-refractivity contribution in [2.24, 2.45) is 11.8 Å². The van der Waals surface area contributed by atoms with E-state index in [0.29, 0.717) is 13.1 Å². The fourth-order valence-electron chi connectivity index (χ4n) is 7.44. The largest absolute Gasteiger partial charge is 0.344 e. The minimum Gasteiger partial charge on any atom is -0.344 e. The normalized spacial score (nSPS) is 18.5. The number of likely N-dealkylation sites (tertiary alicyclic amines) is 2. The van der Waals surface area contributed by atoms with E-state index in [9.17, 15) is 19.2 Å². The predicted octanol–water partition coefficient (Wildman–Crippen LogP) is 5.78. The number of rotatable bonds is 11. The third kappa shape index (κ3) is 7.80. The highest BCUT2D eigenvalue weighted by Crippen LogP contribution is 2.35. The zero-order valence-corrected chi connectivity index (χ0v) is 30.9. The number of hydrogen-bond acceptors (Lipinski definition) is 6. The SMILES string of the molecule is CC(=O)N[C@H](C(=O)N1CCCC1c1ncc(-c2ccc(-c3ccc(-c4cnc([C@@H]5CCCN5C(=O)[C@H](NC(C)=O)C(C)C)[nH]4)cc3)cc2)[nH]1)C(C)C. The van der Waals surface area contributed by atoms with Crippen molar-refractivity contribution in [3.05, 3.63) is 72.6 Å². The number of amides is 4. The maximum absolute atomic E-state index is 13.5. The Balaban J connectivity index is 1.11.